The molecule has 0 bridgehead atoms. The van der Waals surface area contributed by atoms with Crippen LogP contribution < -0.4 is 0 Å². The van der Waals surface area contributed by atoms with Crippen LogP contribution in [0.1, 0.15) is 41.3 Å². The molecule has 1 fully saturated rings. The Morgan fingerprint density at radius 2 is 1.96 bits per heavy atom. The van der Waals surface area contributed by atoms with Crippen molar-refractivity contribution in [1.29, 1.82) is 0 Å². The van der Waals surface area contributed by atoms with Gasteiger partial charge in [0.2, 0.25) is 0 Å². The average molecular weight is 339 g/mol. The topological polar surface area (TPSA) is 69.0 Å². The number of hydrogen-bond donors (Lipinski definition) is 2. The van der Waals surface area contributed by atoms with Crippen molar-refractivity contribution >= 4 is 6.21 Å². The first-order valence-electron chi connectivity index (χ1n) is 8.78. The van der Waals surface area contributed by atoms with Gasteiger partial charge in [-0.2, -0.15) is 0 Å². The number of aliphatic hydroxyl groups excluding tert-OH is 1. The van der Waals surface area contributed by atoms with Crippen molar-refractivity contribution in [3.8, 4) is 5.75 Å². The van der Waals surface area contributed by atoms with Crippen LogP contribution in [0.25, 0.3) is 0 Å². The largest absolute Gasteiger partial charge is 0.505 e. The smallest absolute Gasteiger partial charge is 0.145 e. The van der Waals surface area contributed by atoms with E-state index < -0.39 is 0 Å². The van der Waals surface area contributed by atoms with Crippen molar-refractivity contribution in [2.75, 3.05) is 19.6 Å². The van der Waals surface area contributed by atoms with E-state index in [0.717, 1.165) is 13.1 Å². The van der Waals surface area contributed by atoms with E-state index in [0.29, 0.717) is 23.4 Å². The first kappa shape index (κ1) is 17.6. The van der Waals surface area contributed by atoms with Crippen molar-refractivity contribution in [2.45, 2.75) is 32.4 Å². The molecule has 5 heteroatoms. The quantitative estimate of drug-likeness (QED) is 0.794. The van der Waals surface area contributed by atoms with Gasteiger partial charge in [-0.1, -0.05) is 30.3 Å². The van der Waals surface area contributed by atoms with Crippen LogP contribution in [0, 0.1) is 6.92 Å². The molecule has 1 saturated heterocycles. The van der Waals surface area contributed by atoms with Crippen LogP contribution >= 0.6 is 0 Å². The fourth-order valence-corrected chi connectivity index (χ4v) is 3.33. The molecule has 0 aliphatic carbocycles. The number of aryl methyl sites for hydroxylation is 1. The Bertz CT molecular complexity index is 725. The fraction of sp³-hybridized carbons (Fsp3) is 0.400. The summed E-state index contributed by atoms with van der Waals surface area (Å²) in [6.07, 6.45) is 5.71. The first-order chi connectivity index (χ1) is 12.2. The van der Waals surface area contributed by atoms with Crippen LogP contribution in [0.5, 0.6) is 5.75 Å². The van der Waals surface area contributed by atoms with Crippen LogP contribution in [0.3, 0.4) is 0 Å². The van der Waals surface area contributed by atoms with Gasteiger partial charge >= 0.3 is 0 Å². The SMILES string of the molecule is Cc1ncc(CO)c(C=NC[C@@H](c2ccccc2)N2CCCC2)c1O. The third-order valence-corrected chi connectivity index (χ3v) is 4.79. The number of nitrogens with zero attached hydrogens (tertiary/aromatic N) is 3. The Balaban J connectivity index is 1.82. The van der Waals surface area contributed by atoms with Gasteiger partial charge in [0.15, 0.2) is 0 Å². The minimum Gasteiger partial charge on any atom is -0.505 e. The Kier molecular flexibility index (Phi) is 5.79. The lowest BCUT2D eigenvalue weighted by Crippen LogP contribution is -2.27. The standard InChI is InChI=1S/C20H25N3O2/c1-15-20(25)18(17(14-24)11-22-15)12-21-13-19(23-9-5-6-10-23)16-7-3-2-4-8-16/h2-4,7-8,11-12,19,24-25H,5-6,9-10,13-14H2,1H3/t19-/m0/s1. The van der Waals surface area contributed by atoms with Gasteiger partial charge in [-0.3, -0.25) is 14.9 Å². The molecule has 0 saturated carbocycles. The minimum atomic E-state index is -0.170. The summed E-state index contributed by atoms with van der Waals surface area (Å²) >= 11 is 0. The van der Waals surface area contributed by atoms with E-state index in [9.17, 15) is 10.2 Å². The maximum Gasteiger partial charge on any atom is 0.145 e. The predicted molar refractivity (Wildman–Crippen MR) is 99.0 cm³/mol. The summed E-state index contributed by atoms with van der Waals surface area (Å²) in [5.74, 6) is 0.0905. The van der Waals surface area contributed by atoms with Crippen molar-refractivity contribution in [1.82, 2.24) is 9.88 Å². The lowest BCUT2D eigenvalue weighted by atomic mass is 10.1. The monoisotopic (exact) mass is 339 g/mol. The van der Waals surface area contributed by atoms with Crippen LogP contribution in [0.4, 0.5) is 0 Å². The van der Waals surface area contributed by atoms with Crippen LogP contribution in [-0.2, 0) is 6.61 Å². The lowest BCUT2D eigenvalue weighted by molar-refractivity contribution is 0.252. The number of pyridine rings is 1. The molecule has 0 amide bonds. The molecule has 2 N–H and O–H groups in total. The first-order valence-corrected chi connectivity index (χ1v) is 8.78. The molecule has 1 aromatic heterocycles. The molecule has 3 rings (SSSR count). The highest BCUT2D eigenvalue weighted by Crippen LogP contribution is 2.26. The number of likely N-dealkylation sites (tertiary alicyclic amines) is 1. The Morgan fingerprint density at radius 3 is 2.64 bits per heavy atom. The Morgan fingerprint density at radius 1 is 1.24 bits per heavy atom. The molecule has 2 heterocycles. The van der Waals surface area contributed by atoms with E-state index in [1.165, 1.54) is 18.4 Å². The zero-order chi connectivity index (χ0) is 17.6. The Labute approximate surface area is 148 Å². The third-order valence-electron chi connectivity index (χ3n) is 4.79. The summed E-state index contributed by atoms with van der Waals surface area (Å²) in [6, 6.07) is 10.7. The fourth-order valence-electron chi connectivity index (χ4n) is 3.33. The van der Waals surface area contributed by atoms with Crippen LogP contribution in [-0.4, -0.2) is 45.9 Å². The maximum atomic E-state index is 10.2. The van der Waals surface area contributed by atoms with Gasteiger partial charge in [0, 0.05) is 23.5 Å². The summed E-state index contributed by atoms with van der Waals surface area (Å²) in [7, 11) is 0. The second-order valence-corrected chi connectivity index (χ2v) is 6.45. The van der Waals surface area contributed by atoms with E-state index in [1.54, 1.807) is 19.3 Å². The number of hydrogen-bond acceptors (Lipinski definition) is 5. The summed E-state index contributed by atoms with van der Waals surface area (Å²) < 4.78 is 0. The van der Waals surface area contributed by atoms with Gasteiger partial charge in [0.05, 0.1) is 24.9 Å². The van der Waals surface area contributed by atoms with Gasteiger partial charge in [-0.05, 0) is 38.4 Å². The molecular weight excluding hydrogens is 314 g/mol. The highest BCUT2D eigenvalue weighted by Gasteiger charge is 2.22. The minimum absolute atomic E-state index is 0.0905. The molecule has 132 valence electrons. The molecule has 1 aromatic carbocycles. The van der Waals surface area contributed by atoms with E-state index in [4.69, 9.17) is 0 Å². The summed E-state index contributed by atoms with van der Waals surface area (Å²) in [4.78, 5) is 11.2. The van der Waals surface area contributed by atoms with E-state index in [-0.39, 0.29) is 18.4 Å². The molecule has 5 nitrogen and oxygen atoms in total. The molecule has 25 heavy (non-hydrogen) atoms. The van der Waals surface area contributed by atoms with Gasteiger partial charge in [-0.25, -0.2) is 0 Å². The molecule has 1 aliphatic rings. The molecule has 1 aliphatic heterocycles. The summed E-state index contributed by atoms with van der Waals surface area (Å²) in [5, 5.41) is 19.7. The average Bonchev–Trinajstić information content (AvgIpc) is 3.17. The van der Waals surface area contributed by atoms with E-state index in [2.05, 4.69) is 39.1 Å². The number of aliphatic imine (C=N–C) groups is 1. The third kappa shape index (κ3) is 4.06. The van der Waals surface area contributed by atoms with Gasteiger partial charge in [-0.15, -0.1) is 0 Å². The molecular formula is C20H25N3O2. The summed E-state index contributed by atoms with van der Waals surface area (Å²) in [6.45, 7) is 4.38. The molecule has 0 radical (unpaired) electrons. The van der Waals surface area contributed by atoms with Crippen molar-refractivity contribution in [3.05, 3.63) is 58.9 Å². The second-order valence-electron chi connectivity index (χ2n) is 6.45. The second kappa shape index (κ2) is 8.23. The molecule has 0 unspecified atom stereocenters. The number of aromatic hydroxyl groups is 1. The number of aliphatic hydroxyl groups is 1. The van der Waals surface area contributed by atoms with E-state index in [1.807, 2.05) is 6.07 Å². The molecule has 0 spiro atoms. The number of benzene rings is 1. The highest BCUT2D eigenvalue weighted by atomic mass is 16.3. The van der Waals surface area contributed by atoms with Crippen molar-refractivity contribution in [2.24, 2.45) is 4.99 Å². The molecule has 1 atom stereocenters. The normalized spacial score (nSPS) is 16.6. The zero-order valence-corrected chi connectivity index (χ0v) is 14.6. The number of rotatable bonds is 6. The van der Waals surface area contributed by atoms with Crippen LogP contribution in [0.15, 0.2) is 41.5 Å². The van der Waals surface area contributed by atoms with Crippen molar-refractivity contribution < 1.29 is 10.2 Å². The Hall–Kier alpha value is -2.24. The highest BCUT2D eigenvalue weighted by molar-refractivity contribution is 5.85. The lowest BCUT2D eigenvalue weighted by Gasteiger charge is -2.26. The summed E-state index contributed by atoms with van der Waals surface area (Å²) in [5.41, 5.74) is 2.95. The van der Waals surface area contributed by atoms with Gasteiger partial charge < -0.3 is 10.2 Å². The van der Waals surface area contributed by atoms with Gasteiger partial charge in [0.1, 0.15) is 5.75 Å². The van der Waals surface area contributed by atoms with Crippen LogP contribution in [0.2, 0.25) is 0 Å². The zero-order valence-electron chi connectivity index (χ0n) is 14.6. The predicted octanol–water partition coefficient (Wildman–Crippen LogP) is 2.84. The maximum absolute atomic E-state index is 10.2. The van der Waals surface area contributed by atoms with Crippen molar-refractivity contribution in [3.63, 3.8) is 0 Å². The van der Waals surface area contributed by atoms with E-state index >= 15 is 0 Å². The van der Waals surface area contributed by atoms with Gasteiger partial charge in [0.25, 0.3) is 0 Å². The number of aromatic nitrogens is 1. The molecule has 2 aromatic rings.